The summed E-state index contributed by atoms with van der Waals surface area (Å²) in [4.78, 5) is 9.07. The minimum Gasteiger partial charge on any atom is -0.474 e. The van der Waals surface area contributed by atoms with Gasteiger partial charge in [0.25, 0.3) is 5.92 Å². The van der Waals surface area contributed by atoms with E-state index in [1.807, 2.05) is 6.07 Å². The van der Waals surface area contributed by atoms with Crippen LogP contribution in [0.1, 0.15) is 36.0 Å². The summed E-state index contributed by atoms with van der Waals surface area (Å²) in [5, 5.41) is 4.25. The fourth-order valence-electron chi connectivity index (χ4n) is 3.66. The summed E-state index contributed by atoms with van der Waals surface area (Å²) in [6.07, 6.45) is 6.91. The van der Waals surface area contributed by atoms with Crippen molar-refractivity contribution in [1.82, 2.24) is 14.8 Å². The normalized spacial score (nSPS) is 23.8. The molecule has 0 amide bonds. The van der Waals surface area contributed by atoms with Gasteiger partial charge >= 0.3 is 0 Å². The van der Waals surface area contributed by atoms with E-state index in [0.29, 0.717) is 25.6 Å². The summed E-state index contributed by atoms with van der Waals surface area (Å²) in [6, 6.07) is 1.94. The second kappa shape index (κ2) is 6.37. The number of fused-ring (bicyclic) bond motifs is 1. The molecule has 2 aromatic rings. The molecule has 0 radical (unpaired) electrons. The highest BCUT2D eigenvalue weighted by atomic mass is 19.3. The molecule has 8 heteroatoms. The number of aliphatic imine (C=N–C) groups is 1. The van der Waals surface area contributed by atoms with Crippen LogP contribution in [0, 0.1) is 5.92 Å². The number of nitrogens with zero attached hydrogens (tertiary/aromatic N) is 4. The highest BCUT2D eigenvalue weighted by Crippen LogP contribution is 2.49. The number of hydrogen-bond acceptors (Lipinski definition) is 5. The summed E-state index contributed by atoms with van der Waals surface area (Å²) in [7, 11) is 0. The number of aromatic nitrogens is 3. The van der Waals surface area contributed by atoms with Crippen LogP contribution in [-0.2, 0) is 17.8 Å². The van der Waals surface area contributed by atoms with Crippen molar-refractivity contribution in [2.24, 2.45) is 10.9 Å². The molecule has 1 saturated carbocycles. The van der Waals surface area contributed by atoms with Crippen molar-refractivity contribution >= 4 is 5.71 Å². The first-order chi connectivity index (χ1) is 13.1. The molecule has 0 spiro atoms. The lowest BCUT2D eigenvalue weighted by molar-refractivity contribution is 0.0236. The first-order valence-corrected chi connectivity index (χ1v) is 9.28. The average Bonchev–Trinajstić information content (AvgIpc) is 3.05. The number of rotatable bonds is 5. The molecule has 0 bridgehead atoms. The molecule has 4 heterocycles. The monoisotopic (exact) mass is 374 g/mol. The molecule has 2 aliphatic heterocycles. The molecule has 142 valence electrons. The zero-order valence-corrected chi connectivity index (χ0v) is 14.8. The van der Waals surface area contributed by atoms with Gasteiger partial charge < -0.3 is 9.47 Å². The molecule has 0 aromatic carbocycles. The first-order valence-electron chi connectivity index (χ1n) is 9.28. The third-order valence-electron chi connectivity index (χ3n) is 5.36. The van der Waals surface area contributed by atoms with E-state index in [4.69, 9.17) is 9.47 Å². The van der Waals surface area contributed by atoms with E-state index in [1.165, 1.54) is 0 Å². The summed E-state index contributed by atoms with van der Waals surface area (Å²) in [5.41, 5.74) is 3.53. The number of alkyl halides is 2. The minimum atomic E-state index is -2.54. The minimum absolute atomic E-state index is 0.0566. The average molecular weight is 374 g/mol. The van der Waals surface area contributed by atoms with E-state index < -0.39 is 11.8 Å². The number of pyridine rings is 1. The van der Waals surface area contributed by atoms with Crippen molar-refractivity contribution in [3.05, 3.63) is 41.3 Å². The SMILES string of the molecule is FC1(F)CC1Cn1cc(C2=NCc3ccnc(OC4CCOCC4)c32)cn1. The second-order valence-corrected chi connectivity index (χ2v) is 7.36. The third-order valence-corrected chi connectivity index (χ3v) is 5.36. The maximum Gasteiger partial charge on any atom is 0.253 e. The highest BCUT2D eigenvalue weighted by molar-refractivity contribution is 6.16. The van der Waals surface area contributed by atoms with Crippen LogP contribution >= 0.6 is 0 Å². The lowest BCUT2D eigenvalue weighted by Crippen LogP contribution is -2.27. The fourth-order valence-corrected chi connectivity index (χ4v) is 3.66. The van der Waals surface area contributed by atoms with Crippen molar-refractivity contribution in [1.29, 1.82) is 0 Å². The Hall–Kier alpha value is -2.35. The number of ether oxygens (including phenoxy) is 2. The van der Waals surface area contributed by atoms with Gasteiger partial charge in [0.05, 0.1) is 37.2 Å². The Bertz CT molecular complexity index is 890. The van der Waals surface area contributed by atoms with Gasteiger partial charge in [-0.05, 0) is 11.6 Å². The lowest BCUT2D eigenvalue weighted by atomic mass is 10.0. The molecule has 1 unspecified atom stereocenters. The van der Waals surface area contributed by atoms with Crippen molar-refractivity contribution in [3.8, 4) is 5.88 Å². The van der Waals surface area contributed by atoms with Gasteiger partial charge in [-0.2, -0.15) is 5.10 Å². The van der Waals surface area contributed by atoms with E-state index in [0.717, 1.165) is 35.2 Å². The Morgan fingerprint density at radius 1 is 1.30 bits per heavy atom. The molecule has 2 fully saturated rings. The van der Waals surface area contributed by atoms with Crippen LogP contribution in [0.3, 0.4) is 0 Å². The number of hydrogen-bond donors (Lipinski definition) is 0. The van der Waals surface area contributed by atoms with Crippen LogP contribution in [0.2, 0.25) is 0 Å². The van der Waals surface area contributed by atoms with Gasteiger partial charge in [0, 0.05) is 49.7 Å². The van der Waals surface area contributed by atoms with E-state index in [9.17, 15) is 8.78 Å². The molecule has 27 heavy (non-hydrogen) atoms. The van der Waals surface area contributed by atoms with Gasteiger partial charge in [-0.15, -0.1) is 0 Å². The Morgan fingerprint density at radius 2 is 2.11 bits per heavy atom. The van der Waals surface area contributed by atoms with E-state index in [-0.39, 0.29) is 19.1 Å². The molecule has 0 N–H and O–H groups in total. The van der Waals surface area contributed by atoms with E-state index >= 15 is 0 Å². The van der Waals surface area contributed by atoms with Gasteiger partial charge in [-0.1, -0.05) is 0 Å². The van der Waals surface area contributed by atoms with Crippen LogP contribution in [-0.4, -0.2) is 45.7 Å². The zero-order valence-electron chi connectivity index (χ0n) is 14.8. The summed E-state index contributed by atoms with van der Waals surface area (Å²) in [5.74, 6) is -2.58. The van der Waals surface area contributed by atoms with Gasteiger partial charge in [0.2, 0.25) is 5.88 Å². The van der Waals surface area contributed by atoms with Gasteiger partial charge in [0.15, 0.2) is 0 Å². The molecule has 1 saturated heterocycles. The predicted octanol–water partition coefficient (Wildman–Crippen LogP) is 2.84. The smallest absolute Gasteiger partial charge is 0.253 e. The van der Waals surface area contributed by atoms with Gasteiger partial charge in [-0.3, -0.25) is 9.67 Å². The topological polar surface area (TPSA) is 61.5 Å². The van der Waals surface area contributed by atoms with Crippen LogP contribution in [0.5, 0.6) is 5.88 Å². The molecular weight excluding hydrogens is 354 g/mol. The van der Waals surface area contributed by atoms with Gasteiger partial charge in [0.1, 0.15) is 6.10 Å². The molecule has 2 aromatic heterocycles. The third kappa shape index (κ3) is 3.22. The first kappa shape index (κ1) is 16.8. The molecule has 6 nitrogen and oxygen atoms in total. The van der Waals surface area contributed by atoms with Crippen molar-refractivity contribution in [2.75, 3.05) is 13.2 Å². The Balaban J connectivity index is 1.38. The maximum absolute atomic E-state index is 13.2. The molecule has 1 atom stereocenters. The molecule has 5 rings (SSSR count). The maximum atomic E-state index is 13.2. The zero-order chi connectivity index (χ0) is 18.4. The fraction of sp³-hybridized carbons (Fsp3) is 0.526. The van der Waals surface area contributed by atoms with Crippen LogP contribution in [0.4, 0.5) is 8.78 Å². The van der Waals surface area contributed by atoms with Crippen molar-refractivity contribution < 1.29 is 18.3 Å². The van der Waals surface area contributed by atoms with Crippen LogP contribution in [0.25, 0.3) is 0 Å². The van der Waals surface area contributed by atoms with Crippen molar-refractivity contribution in [3.63, 3.8) is 0 Å². The molecule has 3 aliphatic rings. The molecular formula is C19H20F2N4O2. The Morgan fingerprint density at radius 3 is 2.89 bits per heavy atom. The quantitative estimate of drug-likeness (QED) is 0.807. The summed E-state index contributed by atoms with van der Waals surface area (Å²) in [6.45, 7) is 2.17. The molecule has 1 aliphatic carbocycles. The second-order valence-electron chi connectivity index (χ2n) is 7.36. The van der Waals surface area contributed by atoms with E-state index in [1.54, 1.807) is 23.3 Å². The summed E-state index contributed by atoms with van der Waals surface area (Å²) >= 11 is 0. The highest BCUT2D eigenvalue weighted by Gasteiger charge is 2.56. The van der Waals surface area contributed by atoms with Crippen molar-refractivity contribution in [2.45, 2.75) is 44.4 Å². The largest absolute Gasteiger partial charge is 0.474 e. The number of halogens is 2. The standard InChI is InChI=1S/C19H20F2N4O2/c20-19(21)7-14(19)11-25-10-13(9-24-25)17-16-12(8-23-17)1-4-22-18(16)27-15-2-5-26-6-3-15/h1,4,9-10,14-15H,2-3,5-8,11H2. The lowest BCUT2D eigenvalue weighted by Gasteiger charge is -2.23. The van der Waals surface area contributed by atoms with Gasteiger partial charge in [-0.25, -0.2) is 13.8 Å². The van der Waals surface area contributed by atoms with Crippen LogP contribution in [0.15, 0.2) is 29.6 Å². The summed E-state index contributed by atoms with van der Waals surface area (Å²) < 4.78 is 39.5. The Kier molecular flexibility index (Phi) is 3.96. The van der Waals surface area contributed by atoms with E-state index in [2.05, 4.69) is 15.1 Å². The predicted molar refractivity (Wildman–Crippen MR) is 93.3 cm³/mol. The Labute approximate surface area is 155 Å². The van der Waals surface area contributed by atoms with Crippen LogP contribution < -0.4 is 4.74 Å².